The fourth-order valence-corrected chi connectivity index (χ4v) is 1.76. The Labute approximate surface area is 86.9 Å². The number of hydrogen-bond donors (Lipinski definition) is 1. The number of hydrogen-bond acceptors (Lipinski definition) is 5. The minimum Gasteiger partial charge on any atom is -0.330 e. The third-order valence-electron chi connectivity index (χ3n) is 1.81. The van der Waals surface area contributed by atoms with Gasteiger partial charge >= 0.3 is 0 Å². The Kier molecular flexibility index (Phi) is 3.97. The van der Waals surface area contributed by atoms with Crippen LogP contribution in [0.4, 0.5) is 5.13 Å². The van der Waals surface area contributed by atoms with Crippen molar-refractivity contribution in [3.05, 3.63) is 5.01 Å². The smallest absolute Gasteiger partial charge is 0.225 e. The Morgan fingerprint density at radius 1 is 1.57 bits per heavy atom. The van der Waals surface area contributed by atoms with Crippen molar-refractivity contribution in [1.29, 1.82) is 0 Å². The van der Waals surface area contributed by atoms with Crippen molar-refractivity contribution >= 4 is 22.4 Å². The monoisotopic (exact) mass is 214 g/mol. The summed E-state index contributed by atoms with van der Waals surface area (Å²) in [4.78, 5) is 12.5. The summed E-state index contributed by atoms with van der Waals surface area (Å²) in [6, 6.07) is 0. The predicted molar refractivity (Wildman–Crippen MR) is 56.4 cm³/mol. The molecule has 0 aromatic carbocycles. The van der Waals surface area contributed by atoms with Crippen LogP contribution in [-0.2, 0) is 11.2 Å². The Bertz CT molecular complexity index is 312. The molecule has 1 aromatic rings. The van der Waals surface area contributed by atoms with Crippen molar-refractivity contribution in [1.82, 2.24) is 10.2 Å². The maximum atomic E-state index is 11.0. The largest absolute Gasteiger partial charge is 0.330 e. The quantitative estimate of drug-likeness (QED) is 0.788. The predicted octanol–water partition coefficient (Wildman–Crippen LogP) is 0.412. The van der Waals surface area contributed by atoms with Gasteiger partial charge in [-0.1, -0.05) is 11.3 Å². The average Bonchev–Trinajstić information content (AvgIpc) is 2.61. The molecule has 78 valence electrons. The van der Waals surface area contributed by atoms with Gasteiger partial charge in [-0.15, -0.1) is 10.2 Å². The number of amides is 1. The molecule has 6 heteroatoms. The standard InChI is InChI=1S/C8H14N4OS/c1-6(13)12(2)8-11-10-7(14-8)4-3-5-9/h3-5,9H2,1-2H3. The van der Waals surface area contributed by atoms with Crippen molar-refractivity contribution in [2.24, 2.45) is 5.73 Å². The van der Waals surface area contributed by atoms with Crippen molar-refractivity contribution in [3.8, 4) is 0 Å². The number of nitrogens with two attached hydrogens (primary N) is 1. The minimum atomic E-state index is -0.0356. The molecule has 0 radical (unpaired) electrons. The fourth-order valence-electron chi connectivity index (χ4n) is 0.869. The van der Waals surface area contributed by atoms with Gasteiger partial charge in [-0.3, -0.25) is 9.69 Å². The molecule has 0 bridgehead atoms. The first-order valence-corrected chi connectivity index (χ1v) is 5.23. The summed E-state index contributed by atoms with van der Waals surface area (Å²) in [5.41, 5.74) is 5.38. The molecule has 0 saturated heterocycles. The van der Waals surface area contributed by atoms with Gasteiger partial charge < -0.3 is 5.73 Å². The molecular weight excluding hydrogens is 200 g/mol. The number of aryl methyl sites for hydroxylation is 1. The summed E-state index contributed by atoms with van der Waals surface area (Å²) in [5, 5.41) is 9.47. The molecule has 0 aliphatic heterocycles. The lowest BCUT2D eigenvalue weighted by Gasteiger charge is -2.08. The highest BCUT2D eigenvalue weighted by molar-refractivity contribution is 7.15. The molecular formula is C8H14N4OS. The molecule has 14 heavy (non-hydrogen) atoms. The number of nitrogens with zero attached hydrogens (tertiary/aromatic N) is 3. The van der Waals surface area contributed by atoms with Crippen molar-refractivity contribution in [2.75, 3.05) is 18.5 Å². The van der Waals surface area contributed by atoms with Crippen LogP contribution in [0.3, 0.4) is 0 Å². The summed E-state index contributed by atoms with van der Waals surface area (Å²) in [7, 11) is 1.69. The average molecular weight is 214 g/mol. The third-order valence-corrected chi connectivity index (χ3v) is 2.87. The molecule has 0 aliphatic rings. The first kappa shape index (κ1) is 11.1. The van der Waals surface area contributed by atoms with Crippen LogP contribution < -0.4 is 10.6 Å². The normalized spacial score (nSPS) is 10.2. The van der Waals surface area contributed by atoms with E-state index in [2.05, 4.69) is 10.2 Å². The van der Waals surface area contributed by atoms with Crippen LogP contribution in [0, 0.1) is 0 Å². The molecule has 0 spiro atoms. The second kappa shape index (κ2) is 5.02. The second-order valence-electron chi connectivity index (χ2n) is 2.95. The van der Waals surface area contributed by atoms with E-state index in [-0.39, 0.29) is 5.91 Å². The third kappa shape index (κ3) is 2.74. The highest BCUT2D eigenvalue weighted by Crippen LogP contribution is 2.19. The van der Waals surface area contributed by atoms with E-state index in [1.165, 1.54) is 23.2 Å². The molecule has 0 aliphatic carbocycles. The first-order valence-electron chi connectivity index (χ1n) is 4.42. The lowest BCUT2D eigenvalue weighted by molar-refractivity contribution is -0.116. The molecule has 0 atom stereocenters. The van der Waals surface area contributed by atoms with E-state index >= 15 is 0 Å². The zero-order valence-electron chi connectivity index (χ0n) is 8.36. The molecule has 1 amide bonds. The van der Waals surface area contributed by atoms with E-state index in [4.69, 9.17) is 5.73 Å². The van der Waals surface area contributed by atoms with Gasteiger partial charge in [0.25, 0.3) is 0 Å². The van der Waals surface area contributed by atoms with E-state index in [0.29, 0.717) is 11.7 Å². The summed E-state index contributed by atoms with van der Waals surface area (Å²) >= 11 is 1.44. The molecule has 5 nitrogen and oxygen atoms in total. The van der Waals surface area contributed by atoms with Gasteiger partial charge in [0, 0.05) is 20.4 Å². The van der Waals surface area contributed by atoms with E-state index in [1.54, 1.807) is 7.05 Å². The molecule has 1 rings (SSSR count). The highest BCUT2D eigenvalue weighted by atomic mass is 32.1. The lowest BCUT2D eigenvalue weighted by atomic mass is 10.3. The van der Waals surface area contributed by atoms with Crippen LogP contribution in [0.2, 0.25) is 0 Å². The summed E-state index contributed by atoms with van der Waals surface area (Å²) < 4.78 is 0. The Morgan fingerprint density at radius 2 is 2.29 bits per heavy atom. The number of carbonyl (C=O) groups excluding carboxylic acids is 1. The topological polar surface area (TPSA) is 72.1 Å². The number of carbonyl (C=O) groups is 1. The SMILES string of the molecule is CC(=O)N(C)c1nnc(CCCN)s1. The van der Waals surface area contributed by atoms with E-state index in [9.17, 15) is 4.79 Å². The molecule has 0 fully saturated rings. The fraction of sp³-hybridized carbons (Fsp3) is 0.625. The van der Waals surface area contributed by atoms with Crippen LogP contribution in [0.5, 0.6) is 0 Å². The van der Waals surface area contributed by atoms with Crippen LogP contribution >= 0.6 is 11.3 Å². The van der Waals surface area contributed by atoms with E-state index < -0.39 is 0 Å². The number of aromatic nitrogens is 2. The van der Waals surface area contributed by atoms with Gasteiger partial charge in [0.05, 0.1) is 0 Å². The zero-order chi connectivity index (χ0) is 10.6. The van der Waals surface area contributed by atoms with Gasteiger partial charge in [-0.25, -0.2) is 0 Å². The minimum absolute atomic E-state index is 0.0356. The summed E-state index contributed by atoms with van der Waals surface area (Å²) in [6.07, 6.45) is 1.73. The van der Waals surface area contributed by atoms with E-state index in [1.807, 2.05) is 0 Å². The van der Waals surface area contributed by atoms with Gasteiger partial charge in [0.2, 0.25) is 11.0 Å². The molecule has 0 saturated carbocycles. The van der Waals surface area contributed by atoms with Gasteiger partial charge in [-0.05, 0) is 13.0 Å². The van der Waals surface area contributed by atoms with Crippen molar-refractivity contribution in [2.45, 2.75) is 19.8 Å². The van der Waals surface area contributed by atoms with Crippen LogP contribution in [0.15, 0.2) is 0 Å². The second-order valence-corrected chi connectivity index (χ2v) is 3.99. The van der Waals surface area contributed by atoms with Gasteiger partial charge in [0.1, 0.15) is 5.01 Å². The van der Waals surface area contributed by atoms with Crippen molar-refractivity contribution in [3.63, 3.8) is 0 Å². The molecule has 2 N–H and O–H groups in total. The van der Waals surface area contributed by atoms with Crippen molar-refractivity contribution < 1.29 is 4.79 Å². The van der Waals surface area contributed by atoms with Gasteiger partial charge in [0.15, 0.2) is 0 Å². The number of anilines is 1. The molecule has 1 aromatic heterocycles. The van der Waals surface area contributed by atoms with Gasteiger partial charge in [-0.2, -0.15) is 0 Å². The Hall–Kier alpha value is -1.01. The first-order chi connectivity index (χ1) is 6.65. The van der Waals surface area contributed by atoms with Crippen LogP contribution in [0.25, 0.3) is 0 Å². The van der Waals surface area contributed by atoms with Crippen LogP contribution in [-0.4, -0.2) is 29.7 Å². The van der Waals surface area contributed by atoms with Crippen LogP contribution in [0.1, 0.15) is 18.4 Å². The zero-order valence-corrected chi connectivity index (χ0v) is 9.17. The summed E-state index contributed by atoms with van der Waals surface area (Å²) in [5.74, 6) is -0.0356. The van der Waals surface area contributed by atoms with E-state index in [0.717, 1.165) is 17.8 Å². The lowest BCUT2D eigenvalue weighted by Crippen LogP contribution is -2.22. The Balaban J connectivity index is 2.63. The number of rotatable bonds is 4. The highest BCUT2D eigenvalue weighted by Gasteiger charge is 2.11. The maximum absolute atomic E-state index is 11.0. The molecule has 0 unspecified atom stereocenters. The Morgan fingerprint density at radius 3 is 2.86 bits per heavy atom. The summed E-state index contributed by atoms with van der Waals surface area (Å²) in [6.45, 7) is 2.15. The molecule has 1 heterocycles. The maximum Gasteiger partial charge on any atom is 0.225 e.